The van der Waals surface area contributed by atoms with Gasteiger partial charge in [0, 0.05) is 112 Å². The van der Waals surface area contributed by atoms with Gasteiger partial charge in [0.2, 0.25) is 0 Å². The monoisotopic (exact) mass is 776 g/mol. The molecule has 22 heteroatoms. The molecule has 0 saturated carbocycles. The minimum atomic E-state index is -5.17. The summed E-state index contributed by atoms with van der Waals surface area (Å²) in [6.07, 6.45) is 14.9. The first-order valence-corrected chi connectivity index (χ1v) is 14.4. The van der Waals surface area contributed by atoms with E-state index in [4.69, 9.17) is 45.6 Å². The molecule has 46 heavy (non-hydrogen) atoms. The molecule has 0 aromatic carbocycles. The number of aryl methyl sites for hydroxylation is 8. The second-order valence-electron chi connectivity index (χ2n) is 7.61. The Morgan fingerprint density at radius 2 is 0.630 bits per heavy atom. The minimum absolute atomic E-state index is 0. The van der Waals surface area contributed by atoms with Crippen LogP contribution in [0.25, 0.3) is 0 Å². The zero-order chi connectivity index (χ0) is 35.5. The van der Waals surface area contributed by atoms with Crippen LogP contribution in [0, 0.1) is 50.4 Å². The average molecular weight is 777 g/mol. The Hall–Kier alpha value is -3.43. The van der Waals surface area contributed by atoms with Crippen molar-refractivity contribution >= 4 is 20.8 Å². The van der Waals surface area contributed by atoms with Crippen LogP contribution in [-0.2, 0) is 82.5 Å². The summed E-state index contributed by atoms with van der Waals surface area (Å²) in [6.45, 7) is 10.8. The van der Waals surface area contributed by atoms with Crippen LogP contribution in [0.3, 0.4) is 0 Å². The van der Waals surface area contributed by atoms with E-state index in [1.165, 1.54) is 13.8 Å². The molecular formula is C24H38Co2N10O8S2. The van der Waals surface area contributed by atoms with Crippen molar-refractivity contribution in [2.45, 2.75) is 41.5 Å². The standard InChI is InChI=1S/4C5H8N2.2C2H3N.2Co.2H2O4S/c4*1-5-6-3-4-7(5)2;2*1-2-3;;;2*1-5(2,3)4/h4*3-4H,1-2H3;2*1H3;;;2*(H2,1,2,3,4)/q;;;;;;2*+2;;/p-4. The number of hydrogen-bond donors (Lipinski definition) is 0. The summed E-state index contributed by atoms with van der Waals surface area (Å²) in [5.41, 5.74) is 0. The normalized spacial score (nSPS) is 8.61. The average Bonchev–Trinajstić information content (AvgIpc) is 3.63. The van der Waals surface area contributed by atoms with Crippen molar-refractivity contribution in [3.63, 3.8) is 0 Å². The van der Waals surface area contributed by atoms with E-state index < -0.39 is 20.8 Å². The minimum Gasteiger partial charge on any atom is -0.759 e. The molecule has 18 nitrogen and oxygen atoms in total. The quantitative estimate of drug-likeness (QED) is 0.180. The van der Waals surface area contributed by atoms with E-state index in [1.54, 1.807) is 36.9 Å². The van der Waals surface area contributed by atoms with Crippen LogP contribution in [-0.4, -0.2) is 73.3 Å². The van der Waals surface area contributed by atoms with Gasteiger partial charge in [-0.1, -0.05) is 0 Å². The van der Waals surface area contributed by atoms with Crippen molar-refractivity contribution < 1.29 is 68.6 Å². The molecule has 4 rings (SSSR count). The first-order valence-electron chi connectivity index (χ1n) is 11.8. The maximum Gasteiger partial charge on any atom is 2.00 e. The zero-order valence-corrected chi connectivity index (χ0v) is 30.6. The van der Waals surface area contributed by atoms with E-state index in [-0.39, 0.29) is 33.6 Å². The molecule has 0 spiro atoms. The van der Waals surface area contributed by atoms with E-state index in [9.17, 15) is 0 Å². The van der Waals surface area contributed by atoms with Crippen LogP contribution in [0.15, 0.2) is 49.6 Å². The van der Waals surface area contributed by atoms with Crippen molar-refractivity contribution in [3.8, 4) is 12.1 Å². The molecule has 0 unspecified atom stereocenters. The second kappa shape index (κ2) is 31.6. The summed E-state index contributed by atoms with van der Waals surface area (Å²) < 4.78 is 76.1. The summed E-state index contributed by atoms with van der Waals surface area (Å²) in [5, 5.41) is 14.6. The number of nitriles is 2. The molecule has 0 aliphatic heterocycles. The summed E-state index contributed by atoms with van der Waals surface area (Å²) >= 11 is 0. The summed E-state index contributed by atoms with van der Waals surface area (Å²) in [5.74, 6) is 4.22. The van der Waals surface area contributed by atoms with Crippen LogP contribution in [0.1, 0.15) is 37.1 Å². The Morgan fingerprint density at radius 3 is 0.652 bits per heavy atom. The molecule has 0 saturated heterocycles. The molecule has 0 aliphatic rings. The van der Waals surface area contributed by atoms with E-state index in [1.807, 2.05) is 98.9 Å². The zero-order valence-electron chi connectivity index (χ0n) is 26.8. The molecule has 262 valence electrons. The van der Waals surface area contributed by atoms with Crippen molar-refractivity contribution in [3.05, 3.63) is 72.9 Å². The van der Waals surface area contributed by atoms with E-state index >= 15 is 0 Å². The van der Waals surface area contributed by atoms with Crippen LogP contribution in [0.2, 0.25) is 0 Å². The SMILES string of the molecule is CC#N.CC#N.Cc1nccn1C.Cc1nccn1C.Cc1nccn1C.Cc1nccn1C.O=S(=O)([O-])[O-].O=S(=O)([O-])[O-].[Co+2].[Co+2]. The first-order chi connectivity index (χ1) is 20.0. The van der Waals surface area contributed by atoms with Gasteiger partial charge in [-0.25, -0.2) is 19.9 Å². The molecule has 0 bridgehead atoms. The summed E-state index contributed by atoms with van der Waals surface area (Å²) in [7, 11) is -2.44. The molecule has 4 aromatic heterocycles. The Kier molecular flexibility index (Phi) is 37.7. The number of aromatic nitrogens is 8. The summed E-state index contributed by atoms with van der Waals surface area (Å²) in [6, 6.07) is 3.50. The number of hydrogen-bond acceptors (Lipinski definition) is 14. The fourth-order valence-corrected chi connectivity index (χ4v) is 1.76. The van der Waals surface area contributed by atoms with Crippen molar-refractivity contribution in [2.75, 3.05) is 0 Å². The van der Waals surface area contributed by atoms with Crippen molar-refractivity contribution in [2.24, 2.45) is 28.2 Å². The van der Waals surface area contributed by atoms with Gasteiger partial charge in [-0.05, 0) is 27.7 Å². The molecular weight excluding hydrogens is 738 g/mol. The van der Waals surface area contributed by atoms with Crippen molar-refractivity contribution in [1.29, 1.82) is 10.5 Å². The van der Waals surface area contributed by atoms with E-state index in [0.29, 0.717) is 0 Å². The third kappa shape index (κ3) is 47.5. The molecule has 0 amide bonds. The fourth-order valence-electron chi connectivity index (χ4n) is 1.76. The van der Waals surface area contributed by atoms with Gasteiger partial charge >= 0.3 is 33.6 Å². The first kappa shape index (κ1) is 55.0. The third-order valence-electron chi connectivity index (χ3n) is 4.25. The molecule has 0 N–H and O–H groups in total. The molecule has 4 aromatic rings. The van der Waals surface area contributed by atoms with Gasteiger partial charge in [0.1, 0.15) is 23.3 Å². The smallest absolute Gasteiger partial charge is 0.759 e. The van der Waals surface area contributed by atoms with Gasteiger partial charge in [0.05, 0.1) is 12.1 Å². The van der Waals surface area contributed by atoms with E-state index in [2.05, 4.69) is 19.9 Å². The van der Waals surface area contributed by atoms with Gasteiger partial charge in [0.25, 0.3) is 0 Å². The molecule has 0 aliphatic carbocycles. The Balaban J connectivity index is -0.000000101. The van der Waals surface area contributed by atoms with Gasteiger partial charge in [0.15, 0.2) is 0 Å². The largest absolute Gasteiger partial charge is 2.00 e. The number of imidazole rings is 4. The Bertz CT molecular complexity index is 1310. The molecule has 0 atom stereocenters. The molecule has 4 heterocycles. The number of rotatable bonds is 0. The predicted molar refractivity (Wildman–Crippen MR) is 155 cm³/mol. The number of nitrogens with zero attached hydrogens (tertiary/aromatic N) is 10. The van der Waals surface area contributed by atoms with Crippen LogP contribution >= 0.6 is 0 Å². The summed E-state index contributed by atoms with van der Waals surface area (Å²) in [4.78, 5) is 15.9. The van der Waals surface area contributed by atoms with Crippen LogP contribution in [0.5, 0.6) is 0 Å². The maximum absolute atomic E-state index is 8.52. The molecule has 2 radical (unpaired) electrons. The van der Waals surface area contributed by atoms with Crippen LogP contribution < -0.4 is 0 Å². The van der Waals surface area contributed by atoms with Crippen LogP contribution in [0.4, 0.5) is 0 Å². The Labute approximate surface area is 291 Å². The fraction of sp³-hybridized carbons (Fsp3) is 0.417. The van der Waals surface area contributed by atoms with Gasteiger partial charge < -0.3 is 36.5 Å². The van der Waals surface area contributed by atoms with E-state index in [0.717, 1.165) is 23.3 Å². The van der Waals surface area contributed by atoms with Gasteiger partial charge in [-0.2, -0.15) is 10.5 Å². The second-order valence-corrected chi connectivity index (χ2v) is 9.24. The van der Waals surface area contributed by atoms with Gasteiger partial charge in [-0.3, -0.25) is 16.8 Å². The topological polar surface area (TPSA) is 279 Å². The third-order valence-corrected chi connectivity index (χ3v) is 4.25. The van der Waals surface area contributed by atoms with Gasteiger partial charge in [-0.15, -0.1) is 0 Å². The maximum atomic E-state index is 8.52. The Morgan fingerprint density at radius 1 is 0.522 bits per heavy atom. The molecule has 0 fully saturated rings. The van der Waals surface area contributed by atoms with Crippen molar-refractivity contribution in [1.82, 2.24) is 38.2 Å². The predicted octanol–water partition coefficient (Wildman–Crippen LogP) is 1.29.